The molecule has 0 saturated carbocycles. The van der Waals surface area contributed by atoms with Gasteiger partial charge in [-0.3, -0.25) is 0 Å². The number of nitrogens with two attached hydrogens (primary N) is 1. The Kier molecular flexibility index (Phi) is 3.12. The second kappa shape index (κ2) is 5.13. The molecule has 1 fully saturated rings. The van der Waals surface area contributed by atoms with Gasteiger partial charge in [0.1, 0.15) is 11.2 Å². The maximum absolute atomic E-state index is 6.10. The van der Waals surface area contributed by atoms with E-state index in [-0.39, 0.29) is 6.04 Å². The average molecular weight is 299 g/mol. The molecule has 4 heterocycles. The van der Waals surface area contributed by atoms with Crippen molar-refractivity contribution in [3.05, 3.63) is 36.0 Å². The minimum absolute atomic E-state index is 0.237. The normalized spacial score (nSPS) is 19.3. The molecule has 2 N–H and O–H groups in total. The van der Waals surface area contributed by atoms with E-state index in [1.807, 2.05) is 23.0 Å². The molecular weight excluding hydrogens is 282 g/mol. The molecule has 0 aromatic carbocycles. The SMILES string of the molecule is NC1CCCN(c2nccn3nc(-c4cccs4)cc23)C1. The Morgan fingerprint density at radius 3 is 3.14 bits per heavy atom. The van der Waals surface area contributed by atoms with Gasteiger partial charge in [-0.1, -0.05) is 6.07 Å². The Labute approximate surface area is 127 Å². The minimum Gasteiger partial charge on any atom is -0.353 e. The van der Waals surface area contributed by atoms with E-state index in [9.17, 15) is 0 Å². The van der Waals surface area contributed by atoms with E-state index in [4.69, 9.17) is 5.73 Å². The van der Waals surface area contributed by atoms with Crippen molar-refractivity contribution < 1.29 is 0 Å². The molecular formula is C15H17N5S. The predicted octanol–water partition coefficient (Wildman–Crippen LogP) is 2.39. The number of aromatic nitrogens is 3. The predicted molar refractivity (Wildman–Crippen MR) is 85.7 cm³/mol. The van der Waals surface area contributed by atoms with Crippen molar-refractivity contribution in [2.75, 3.05) is 18.0 Å². The lowest BCUT2D eigenvalue weighted by atomic mass is 10.1. The standard InChI is InChI=1S/C15H17N5S/c16-11-3-1-6-19(10-11)15-13-9-12(14-4-2-8-21-14)18-20(13)7-5-17-15/h2,4-5,7-9,11H,1,3,6,10,16H2. The molecule has 1 atom stereocenters. The summed E-state index contributed by atoms with van der Waals surface area (Å²) >= 11 is 1.70. The Balaban J connectivity index is 1.79. The van der Waals surface area contributed by atoms with Crippen LogP contribution in [0.2, 0.25) is 0 Å². The Morgan fingerprint density at radius 1 is 1.38 bits per heavy atom. The van der Waals surface area contributed by atoms with Crippen LogP contribution in [0.1, 0.15) is 12.8 Å². The van der Waals surface area contributed by atoms with Crippen molar-refractivity contribution in [3.8, 4) is 10.6 Å². The molecule has 0 spiro atoms. The highest BCUT2D eigenvalue weighted by Crippen LogP contribution is 2.28. The summed E-state index contributed by atoms with van der Waals surface area (Å²) in [5.41, 5.74) is 8.15. The maximum atomic E-state index is 6.10. The smallest absolute Gasteiger partial charge is 0.154 e. The van der Waals surface area contributed by atoms with Crippen molar-refractivity contribution in [1.29, 1.82) is 0 Å². The zero-order chi connectivity index (χ0) is 14.2. The molecule has 1 unspecified atom stereocenters. The highest BCUT2D eigenvalue weighted by atomic mass is 32.1. The highest BCUT2D eigenvalue weighted by Gasteiger charge is 2.20. The molecule has 0 bridgehead atoms. The first-order valence-corrected chi connectivity index (χ1v) is 8.08. The second-order valence-corrected chi connectivity index (χ2v) is 6.38. The van der Waals surface area contributed by atoms with Crippen molar-refractivity contribution in [1.82, 2.24) is 14.6 Å². The van der Waals surface area contributed by atoms with Gasteiger partial charge in [0.25, 0.3) is 0 Å². The van der Waals surface area contributed by atoms with E-state index in [2.05, 4.69) is 32.5 Å². The zero-order valence-corrected chi connectivity index (χ0v) is 12.5. The molecule has 21 heavy (non-hydrogen) atoms. The lowest BCUT2D eigenvalue weighted by Crippen LogP contribution is -2.43. The van der Waals surface area contributed by atoms with Crippen LogP contribution in [-0.2, 0) is 0 Å². The fourth-order valence-corrected chi connectivity index (χ4v) is 3.58. The van der Waals surface area contributed by atoms with Crippen molar-refractivity contribution in [2.24, 2.45) is 5.73 Å². The minimum atomic E-state index is 0.237. The number of hydrogen-bond acceptors (Lipinski definition) is 5. The van der Waals surface area contributed by atoms with Crippen LogP contribution in [0.3, 0.4) is 0 Å². The summed E-state index contributed by atoms with van der Waals surface area (Å²) in [4.78, 5) is 8.03. The Hall–Kier alpha value is -1.92. The summed E-state index contributed by atoms with van der Waals surface area (Å²) in [6, 6.07) is 6.50. The number of hydrogen-bond donors (Lipinski definition) is 1. The lowest BCUT2D eigenvalue weighted by Gasteiger charge is -2.31. The van der Waals surface area contributed by atoms with Gasteiger partial charge in [-0.05, 0) is 30.4 Å². The molecule has 108 valence electrons. The number of piperidine rings is 1. The molecule has 3 aromatic heterocycles. The number of fused-ring (bicyclic) bond motifs is 1. The average Bonchev–Trinajstić information content (AvgIpc) is 3.15. The monoisotopic (exact) mass is 299 g/mol. The van der Waals surface area contributed by atoms with Crippen molar-refractivity contribution in [2.45, 2.75) is 18.9 Å². The van der Waals surface area contributed by atoms with Crippen molar-refractivity contribution in [3.63, 3.8) is 0 Å². The first-order chi connectivity index (χ1) is 10.3. The van der Waals surface area contributed by atoms with E-state index >= 15 is 0 Å². The third-order valence-electron chi connectivity index (χ3n) is 3.90. The molecule has 0 radical (unpaired) electrons. The summed E-state index contributed by atoms with van der Waals surface area (Å²) in [7, 11) is 0. The third kappa shape index (κ3) is 2.30. The van der Waals surface area contributed by atoms with E-state index < -0.39 is 0 Å². The van der Waals surface area contributed by atoms with E-state index in [1.54, 1.807) is 11.3 Å². The maximum Gasteiger partial charge on any atom is 0.154 e. The third-order valence-corrected chi connectivity index (χ3v) is 4.79. The van der Waals surface area contributed by atoms with Gasteiger partial charge < -0.3 is 10.6 Å². The molecule has 1 saturated heterocycles. The first kappa shape index (κ1) is 12.8. The molecule has 1 aliphatic rings. The van der Waals surface area contributed by atoms with Crippen LogP contribution in [0.25, 0.3) is 16.1 Å². The summed E-state index contributed by atoms with van der Waals surface area (Å²) in [6.45, 7) is 1.88. The van der Waals surface area contributed by atoms with Gasteiger partial charge >= 0.3 is 0 Å². The number of nitrogens with zero attached hydrogens (tertiary/aromatic N) is 4. The quantitative estimate of drug-likeness (QED) is 0.789. The highest BCUT2D eigenvalue weighted by molar-refractivity contribution is 7.13. The van der Waals surface area contributed by atoms with Gasteiger partial charge in [-0.15, -0.1) is 11.3 Å². The van der Waals surface area contributed by atoms with Crippen LogP contribution in [0.4, 0.5) is 5.82 Å². The molecule has 5 nitrogen and oxygen atoms in total. The summed E-state index contributed by atoms with van der Waals surface area (Å²) in [5, 5.41) is 6.73. The van der Waals surface area contributed by atoms with Crippen LogP contribution in [0.15, 0.2) is 36.0 Å². The second-order valence-electron chi connectivity index (χ2n) is 5.44. The Bertz CT molecular complexity index is 749. The fraction of sp³-hybridized carbons (Fsp3) is 0.333. The van der Waals surface area contributed by atoms with Crippen LogP contribution in [-0.4, -0.2) is 33.7 Å². The van der Waals surface area contributed by atoms with Gasteiger partial charge in [0, 0.05) is 31.5 Å². The van der Waals surface area contributed by atoms with Gasteiger partial charge in [0.2, 0.25) is 0 Å². The molecule has 4 rings (SSSR count). The van der Waals surface area contributed by atoms with Crippen LogP contribution >= 0.6 is 11.3 Å². The van der Waals surface area contributed by atoms with Gasteiger partial charge in [-0.2, -0.15) is 5.10 Å². The van der Waals surface area contributed by atoms with Crippen LogP contribution in [0, 0.1) is 0 Å². The zero-order valence-electron chi connectivity index (χ0n) is 11.6. The fourth-order valence-electron chi connectivity index (χ4n) is 2.90. The molecule has 0 amide bonds. The van der Waals surface area contributed by atoms with E-state index in [1.165, 1.54) is 4.88 Å². The van der Waals surface area contributed by atoms with Gasteiger partial charge in [-0.25, -0.2) is 9.50 Å². The van der Waals surface area contributed by atoms with E-state index in [0.29, 0.717) is 0 Å². The molecule has 1 aliphatic heterocycles. The first-order valence-electron chi connectivity index (χ1n) is 7.20. The largest absolute Gasteiger partial charge is 0.353 e. The van der Waals surface area contributed by atoms with Gasteiger partial charge in [0.05, 0.1) is 4.88 Å². The topological polar surface area (TPSA) is 59.5 Å². The van der Waals surface area contributed by atoms with Crippen LogP contribution in [0.5, 0.6) is 0 Å². The van der Waals surface area contributed by atoms with Gasteiger partial charge in [0.15, 0.2) is 5.82 Å². The number of anilines is 1. The van der Waals surface area contributed by atoms with E-state index in [0.717, 1.165) is 43.0 Å². The summed E-state index contributed by atoms with van der Waals surface area (Å²) in [6.07, 6.45) is 5.93. The lowest BCUT2D eigenvalue weighted by molar-refractivity contribution is 0.503. The summed E-state index contributed by atoms with van der Waals surface area (Å²) < 4.78 is 1.91. The van der Waals surface area contributed by atoms with Crippen molar-refractivity contribution >= 4 is 22.7 Å². The van der Waals surface area contributed by atoms with Crippen LogP contribution < -0.4 is 10.6 Å². The molecule has 6 heteroatoms. The number of thiophene rings is 1. The Morgan fingerprint density at radius 2 is 2.33 bits per heavy atom. The molecule has 0 aliphatic carbocycles. The summed E-state index contributed by atoms with van der Waals surface area (Å²) in [5.74, 6) is 0.989. The number of rotatable bonds is 2. The molecule has 3 aromatic rings.